The molecule has 238 valence electrons. The van der Waals surface area contributed by atoms with E-state index in [1.807, 2.05) is 89.2 Å². The number of fused-ring (bicyclic) bond motifs is 2. The summed E-state index contributed by atoms with van der Waals surface area (Å²) in [7, 11) is -8.57. The molecule has 0 amide bonds. The van der Waals surface area contributed by atoms with E-state index in [0.29, 0.717) is 29.6 Å². The van der Waals surface area contributed by atoms with Gasteiger partial charge >= 0.3 is 0 Å². The summed E-state index contributed by atoms with van der Waals surface area (Å²) >= 11 is 7.82. The van der Waals surface area contributed by atoms with Crippen LogP contribution in [0.5, 0.6) is 5.75 Å². The summed E-state index contributed by atoms with van der Waals surface area (Å²) in [6.07, 6.45) is 4.85. The van der Waals surface area contributed by atoms with Crippen LogP contribution in [-0.4, -0.2) is 43.5 Å². The van der Waals surface area contributed by atoms with Crippen molar-refractivity contribution in [2.75, 3.05) is 17.2 Å². The molecule has 1 N–H and O–H groups in total. The summed E-state index contributed by atoms with van der Waals surface area (Å²) in [5.41, 5.74) is 4.51. The molecule has 1 aliphatic rings. The molecule has 0 aliphatic carbocycles. The molecule has 0 fully saturated rings. The van der Waals surface area contributed by atoms with Crippen LogP contribution < -0.4 is 14.2 Å². The predicted octanol–water partition coefficient (Wildman–Crippen LogP) is 6.64. The third-order valence-corrected chi connectivity index (χ3v) is 11.0. The average Bonchev–Trinajstić information content (AvgIpc) is 3.50. The number of aryl methyl sites for hydroxylation is 1. The van der Waals surface area contributed by atoms with Crippen LogP contribution in [0.25, 0.3) is 27.4 Å². The quantitative estimate of drug-likeness (QED) is 0.130. The van der Waals surface area contributed by atoms with Gasteiger partial charge in [-0.25, -0.2) is 8.42 Å². The van der Waals surface area contributed by atoms with Crippen molar-refractivity contribution in [3.8, 4) is 16.9 Å². The van der Waals surface area contributed by atoms with Gasteiger partial charge in [-0.05, 0) is 60.7 Å². The molecule has 5 rings (SSSR count). The van der Waals surface area contributed by atoms with Gasteiger partial charge in [-0.15, -0.1) is 0 Å². The van der Waals surface area contributed by atoms with Gasteiger partial charge in [-0.1, -0.05) is 66.3 Å². The van der Waals surface area contributed by atoms with Gasteiger partial charge in [0.15, 0.2) is 12.3 Å². The van der Waals surface area contributed by atoms with Gasteiger partial charge in [0.25, 0.3) is 15.1 Å². The zero-order valence-electron chi connectivity index (χ0n) is 24.7. The first-order valence-electron chi connectivity index (χ1n) is 14.4. The number of nitrogens with zero attached hydrogens (tertiary/aromatic N) is 2. The van der Waals surface area contributed by atoms with E-state index in [1.165, 1.54) is 18.3 Å². The van der Waals surface area contributed by atoms with Crippen molar-refractivity contribution in [2.45, 2.75) is 44.9 Å². The standard InChI is InChI=1S/C32H33ClN2O7S3/c1-3-23(19-32-35(15-7-17-44(36,37)38)28-21-26(33)11-13-30(28)43-32)18-31-34(16-14-22(2)45(39,40)41)27-20-25(10-12-29(27)42-31)24-8-5-4-6-9-24/h4-6,8-13,18-22H,3,7,14-17H2,1-2H3,(H-,36,37,38,39,40,41). The third-order valence-electron chi connectivity index (χ3n) is 7.59. The van der Waals surface area contributed by atoms with Gasteiger partial charge < -0.3 is 14.2 Å². The highest BCUT2D eigenvalue weighted by Crippen LogP contribution is 2.42. The van der Waals surface area contributed by atoms with Crippen molar-refractivity contribution in [2.24, 2.45) is 0 Å². The normalized spacial score (nSPS) is 15.4. The predicted molar refractivity (Wildman–Crippen MR) is 178 cm³/mol. The van der Waals surface area contributed by atoms with Crippen LogP contribution in [0.4, 0.5) is 5.69 Å². The SMILES string of the molecule is CCC(/C=C1\Oc2ccc(-c3ccccc3)cc2N1CCC(C)S(=O)(=O)[O-])=C\c1sc2ccc(Cl)cc2[n+]1CCCS(=O)(=O)O. The zero-order chi connectivity index (χ0) is 32.4. The number of aromatic nitrogens is 1. The lowest BCUT2D eigenvalue weighted by molar-refractivity contribution is -0.668. The average molecular weight is 689 g/mol. The number of hydrogen-bond acceptors (Lipinski definition) is 8. The van der Waals surface area contributed by atoms with Crippen LogP contribution in [0.3, 0.4) is 0 Å². The second kappa shape index (κ2) is 13.6. The van der Waals surface area contributed by atoms with Crippen molar-refractivity contribution in [1.82, 2.24) is 0 Å². The van der Waals surface area contributed by atoms with Crippen LogP contribution in [0.15, 0.2) is 84.3 Å². The van der Waals surface area contributed by atoms with E-state index in [2.05, 4.69) is 0 Å². The van der Waals surface area contributed by atoms with E-state index in [4.69, 9.17) is 16.3 Å². The Labute approximate surface area is 272 Å². The third kappa shape index (κ3) is 8.13. The van der Waals surface area contributed by atoms with Gasteiger partial charge in [0.1, 0.15) is 4.70 Å². The fourth-order valence-electron chi connectivity index (χ4n) is 5.08. The number of allylic oxidation sites excluding steroid dienone is 2. The maximum atomic E-state index is 11.7. The van der Waals surface area contributed by atoms with Crippen LogP contribution in [-0.2, 0) is 26.8 Å². The molecule has 9 nitrogen and oxygen atoms in total. The van der Waals surface area contributed by atoms with Crippen molar-refractivity contribution < 1.29 is 35.2 Å². The second-order valence-electron chi connectivity index (χ2n) is 10.8. The fourth-order valence-corrected chi connectivity index (χ4v) is 7.28. The van der Waals surface area contributed by atoms with E-state index in [0.717, 1.165) is 37.6 Å². The summed E-state index contributed by atoms with van der Waals surface area (Å²) in [5.74, 6) is 0.752. The molecule has 2 heterocycles. The van der Waals surface area contributed by atoms with Crippen molar-refractivity contribution in [3.63, 3.8) is 0 Å². The van der Waals surface area contributed by atoms with E-state index in [1.54, 1.807) is 6.07 Å². The Hall–Kier alpha value is -3.26. The Bertz CT molecular complexity index is 1990. The van der Waals surface area contributed by atoms with Crippen LogP contribution in [0, 0.1) is 0 Å². The maximum absolute atomic E-state index is 11.7. The molecule has 45 heavy (non-hydrogen) atoms. The molecule has 1 aliphatic heterocycles. The van der Waals surface area contributed by atoms with Gasteiger partial charge in [0.05, 0.1) is 21.6 Å². The Kier molecular flexibility index (Phi) is 10.0. The van der Waals surface area contributed by atoms with Crippen molar-refractivity contribution in [3.05, 3.63) is 94.3 Å². The molecule has 1 atom stereocenters. The Morgan fingerprint density at radius 2 is 1.84 bits per heavy atom. The molecular formula is C32H33ClN2O7S3. The monoisotopic (exact) mass is 688 g/mol. The van der Waals surface area contributed by atoms with Gasteiger partial charge in [-0.3, -0.25) is 4.55 Å². The molecule has 0 radical (unpaired) electrons. The highest BCUT2D eigenvalue weighted by Gasteiger charge is 2.28. The summed E-state index contributed by atoms with van der Waals surface area (Å²) in [6.45, 7) is 4.00. The molecule has 0 saturated carbocycles. The minimum atomic E-state index is -4.46. The topological polar surface area (TPSA) is 128 Å². The maximum Gasteiger partial charge on any atom is 0.265 e. The molecule has 0 spiro atoms. The largest absolute Gasteiger partial charge is 0.748 e. The highest BCUT2D eigenvalue weighted by atomic mass is 35.5. The number of anilines is 1. The molecule has 3 aromatic carbocycles. The van der Waals surface area contributed by atoms with Crippen LogP contribution in [0.1, 0.15) is 38.1 Å². The smallest absolute Gasteiger partial charge is 0.265 e. The molecule has 13 heteroatoms. The van der Waals surface area contributed by atoms with Crippen LogP contribution >= 0.6 is 22.9 Å². The first-order chi connectivity index (χ1) is 21.3. The van der Waals surface area contributed by atoms with Crippen molar-refractivity contribution in [1.29, 1.82) is 0 Å². The van der Waals surface area contributed by atoms with E-state index >= 15 is 0 Å². The summed E-state index contributed by atoms with van der Waals surface area (Å²) in [6, 6.07) is 21.3. The number of thiazole rings is 1. The Morgan fingerprint density at radius 1 is 1.09 bits per heavy atom. The molecule has 1 aromatic heterocycles. The second-order valence-corrected chi connectivity index (χ2v) is 15.7. The van der Waals surface area contributed by atoms with Gasteiger partial charge in [-0.2, -0.15) is 13.0 Å². The summed E-state index contributed by atoms with van der Waals surface area (Å²) in [5, 5.41) is 0.332. The number of rotatable bonds is 12. The molecule has 0 saturated heterocycles. The van der Waals surface area contributed by atoms with E-state index in [9.17, 15) is 25.9 Å². The van der Waals surface area contributed by atoms with E-state index < -0.39 is 25.5 Å². The van der Waals surface area contributed by atoms with Gasteiger partial charge in [0.2, 0.25) is 11.4 Å². The lowest BCUT2D eigenvalue weighted by Gasteiger charge is -2.22. The fraction of sp³-hybridized carbons (Fsp3) is 0.281. The minimum Gasteiger partial charge on any atom is -0.748 e. The number of ether oxygens (including phenoxy) is 1. The number of halogens is 1. The van der Waals surface area contributed by atoms with Crippen LogP contribution in [0.2, 0.25) is 5.02 Å². The number of benzene rings is 3. The highest BCUT2D eigenvalue weighted by molar-refractivity contribution is 7.86. The Balaban J connectivity index is 1.54. The summed E-state index contributed by atoms with van der Waals surface area (Å²) < 4.78 is 76.4. The molecule has 4 aromatic rings. The lowest BCUT2D eigenvalue weighted by Crippen LogP contribution is -2.36. The summed E-state index contributed by atoms with van der Waals surface area (Å²) in [4.78, 5) is 1.90. The minimum absolute atomic E-state index is 0.109. The van der Waals surface area contributed by atoms with Crippen molar-refractivity contribution >= 4 is 65.2 Å². The zero-order valence-corrected chi connectivity index (χ0v) is 27.9. The first-order valence-corrected chi connectivity index (χ1v) is 18.7. The first kappa shape index (κ1) is 33.1. The lowest BCUT2D eigenvalue weighted by atomic mass is 10.0. The number of hydrogen-bond donors (Lipinski definition) is 1. The van der Waals surface area contributed by atoms with E-state index in [-0.39, 0.29) is 25.1 Å². The molecule has 0 bridgehead atoms. The Morgan fingerprint density at radius 3 is 2.53 bits per heavy atom. The molecular weight excluding hydrogens is 656 g/mol. The van der Waals surface area contributed by atoms with Gasteiger partial charge in [0, 0.05) is 41.5 Å². The molecule has 1 unspecified atom stereocenters.